The predicted octanol–water partition coefficient (Wildman–Crippen LogP) is 3.10. The molecule has 1 aliphatic heterocycles. The van der Waals surface area contributed by atoms with Crippen LogP contribution in [-0.2, 0) is 117 Å². The third-order valence-corrected chi connectivity index (χ3v) is 13.1. The minimum Gasteiger partial charge on any atom is -0.481 e. The van der Waals surface area contributed by atoms with E-state index in [0.717, 1.165) is 32.9 Å². The lowest BCUT2D eigenvalue weighted by molar-refractivity contribution is -0.163. The van der Waals surface area contributed by atoms with Crippen LogP contribution < -0.4 is 27.4 Å². The molecule has 0 saturated carbocycles. The predicted molar refractivity (Wildman–Crippen MR) is 416 cm³/mol. The van der Waals surface area contributed by atoms with Gasteiger partial charge in [-0.1, -0.05) is 42.5 Å². The molecule has 2 unspecified atom stereocenters. The van der Waals surface area contributed by atoms with Gasteiger partial charge in [0.15, 0.2) is 0 Å². The first-order chi connectivity index (χ1) is 52.3. The van der Waals surface area contributed by atoms with Crippen LogP contribution in [0.5, 0.6) is 0 Å². The molecule has 0 bridgehead atoms. The summed E-state index contributed by atoms with van der Waals surface area (Å²) in [5, 5.41) is 73.5. The molecular weight excluding hydrogens is 1680 g/mol. The Hall–Kier alpha value is -9.14. The summed E-state index contributed by atoms with van der Waals surface area (Å²) in [6.45, 7) is 22.2. The second-order valence-corrected chi connectivity index (χ2v) is 22.9. The van der Waals surface area contributed by atoms with Gasteiger partial charge in [-0.2, -0.15) is 33.7 Å². The maximum absolute atomic E-state index is 13.0. The molecule has 0 radical (unpaired) electrons. The highest BCUT2D eigenvalue weighted by atomic mass is 79.9. The molecule has 5 amide bonds. The summed E-state index contributed by atoms with van der Waals surface area (Å²) in [6.07, 6.45) is 7.63. The van der Waals surface area contributed by atoms with E-state index < -0.39 is 82.0 Å². The third kappa shape index (κ3) is 75.5. The number of halogens is 2. The van der Waals surface area contributed by atoms with Crippen molar-refractivity contribution in [3.05, 3.63) is 47.1 Å². The van der Waals surface area contributed by atoms with Gasteiger partial charge in [0.1, 0.15) is 0 Å². The Morgan fingerprint density at radius 1 is 0.447 bits per heavy atom. The number of nitrogens with one attached hydrogen (secondary N) is 3. The Morgan fingerprint density at radius 3 is 0.956 bits per heavy atom. The summed E-state index contributed by atoms with van der Waals surface area (Å²) >= 11 is -3.00. The van der Waals surface area contributed by atoms with Crippen molar-refractivity contribution >= 4 is 141 Å². The number of carbonyl (C=O) groups excluding carboxylic acids is 7. The summed E-state index contributed by atoms with van der Waals surface area (Å²) in [5.74, 6) is -3.84. The van der Waals surface area contributed by atoms with Crippen LogP contribution >= 0.6 is 29.4 Å². The summed E-state index contributed by atoms with van der Waals surface area (Å²) < 4.78 is 92.6. The molecule has 1 fully saturated rings. The van der Waals surface area contributed by atoms with Crippen LogP contribution in [0, 0.1) is 27.7 Å². The molecule has 2 atom stereocenters. The number of aromatic nitrogens is 8. The molecule has 0 aromatic carbocycles. The maximum atomic E-state index is 13.0. The van der Waals surface area contributed by atoms with Crippen LogP contribution in [0.4, 0.5) is 0 Å². The number of carbonyl (C=O) groups is 11. The molecule has 44 nitrogen and oxygen atoms in total. The number of carboxylic acid groups (broad SMARTS) is 4. The van der Waals surface area contributed by atoms with E-state index in [1.165, 1.54) is 30.8 Å². The van der Waals surface area contributed by atoms with E-state index in [9.17, 15) is 47.9 Å². The highest BCUT2D eigenvalue weighted by molar-refractivity contribution is 8.93. The summed E-state index contributed by atoms with van der Waals surface area (Å²) in [5.41, 5.74) is 10.7. The summed E-state index contributed by atoms with van der Waals surface area (Å²) in [7, 11) is 0. The molecule has 4 aromatic heterocycles. The van der Waals surface area contributed by atoms with Crippen LogP contribution in [0.2, 0.25) is 0 Å². The minimum absolute atomic E-state index is 0. The van der Waals surface area contributed by atoms with E-state index in [2.05, 4.69) is 75.3 Å². The molecule has 11 N–H and O–H groups in total. The highest BCUT2D eigenvalue weighted by Gasteiger charge is 2.27. The van der Waals surface area contributed by atoms with Gasteiger partial charge in [-0.15, -0.1) is 70.2 Å². The van der Waals surface area contributed by atoms with Crippen molar-refractivity contribution in [2.45, 2.75) is 217 Å². The Labute approximate surface area is 692 Å². The normalized spacial score (nSPS) is 10.6. The minimum atomic E-state index is -1.01. The van der Waals surface area contributed by atoms with Gasteiger partial charge in [0.25, 0.3) is 5.97 Å². The van der Waals surface area contributed by atoms with Crippen LogP contribution in [0.15, 0.2) is 17.7 Å². The van der Waals surface area contributed by atoms with Gasteiger partial charge in [0.05, 0.1) is 11.8 Å². The van der Waals surface area contributed by atoms with Gasteiger partial charge in [0.2, 0.25) is 76.7 Å². The molecule has 5 rings (SSSR count). The molecule has 4 aromatic rings. The number of hydrogen-bond acceptors (Lipinski definition) is 35. The largest absolute Gasteiger partial charge is 0.481 e. The zero-order valence-corrected chi connectivity index (χ0v) is 69.7. The van der Waals surface area contributed by atoms with E-state index in [1.807, 2.05) is 18.7 Å². The quantitative estimate of drug-likeness (QED) is 0.0175. The number of cyclic esters (lactones) is 2. The van der Waals surface area contributed by atoms with Crippen LogP contribution in [0.1, 0.15) is 224 Å². The Morgan fingerprint density at radius 2 is 0.728 bits per heavy atom. The fraction of sp³-hybridized carbons (Fsp3) is 0.703. The number of aryl methyl sites for hydroxylation is 4. The monoisotopic (exact) mass is 1800 g/mol. The maximum Gasteiger partial charge on any atom is 0.335 e. The molecule has 0 spiro atoms. The van der Waals surface area contributed by atoms with Gasteiger partial charge < -0.3 is 84.9 Å². The van der Waals surface area contributed by atoms with E-state index in [0.29, 0.717) is 100 Å². The first-order valence-corrected chi connectivity index (χ1v) is 36.9. The highest BCUT2D eigenvalue weighted by Crippen LogP contribution is 2.25. The van der Waals surface area contributed by atoms with Crippen molar-refractivity contribution in [1.82, 2.24) is 71.4 Å². The number of hydrogen-bond donors (Lipinski definition) is 9. The van der Waals surface area contributed by atoms with Crippen LogP contribution in [0.3, 0.4) is 0 Å². The number of aliphatic carboxylic acids is 4. The lowest BCUT2D eigenvalue weighted by Crippen LogP contribution is -2.43. The van der Waals surface area contributed by atoms with Crippen molar-refractivity contribution in [3.63, 3.8) is 0 Å². The molecule has 114 heavy (non-hydrogen) atoms. The smallest absolute Gasteiger partial charge is 0.335 e. The van der Waals surface area contributed by atoms with E-state index in [4.69, 9.17) is 88.0 Å². The fourth-order valence-corrected chi connectivity index (χ4v) is 8.63. The van der Waals surface area contributed by atoms with E-state index >= 15 is 0 Å². The molecule has 50 heteroatoms. The van der Waals surface area contributed by atoms with Crippen molar-refractivity contribution in [1.29, 1.82) is 0 Å². The standard InChI is InChI=1S/C29H39N11O9.C11H21NO3.C9H19N3O3.C6H15N.C5H6O3.C2H4O2.2CH4.BrH.ClH.4O2S/c1-16-32-36-24(46-16)14-20(28-38-34-18(3)48-28)12-22(41)30-8-10-40(26(43)6-5-7-27(44)45)11-9-31-23(42)13-21(29-39-35-19(4)49-29)15-25-37-33-17(2)47-25;1-3-8-12(9-4-2)10(13)6-5-7-11(14)15;10-4-6-12(7-5-11)8(13)2-1-3-9(14)15;1-3-5-7-6-4-2;6-4-2-1-3-5(7)8-4;1-2(3)4;;;;;4*1-3-2/h20-21H,5-15H2,1-4H3,(H,30,41)(H,31,42)(H,44,45);3-9H2,1-2H3,(H,14,15);1-7,10-11H2,(H,14,15);7H,3-6H2,1-2H3;1-3H2;1H3,(H,3,4);2*1H4;2*1H;;;;. The number of ether oxygens (including phenoxy) is 1. The number of rotatable bonds is 40. The Bertz CT molecular complexity index is 3190. The molecule has 656 valence electrons. The lowest BCUT2D eigenvalue weighted by Gasteiger charge is -2.23. The number of amides is 5. The lowest BCUT2D eigenvalue weighted by atomic mass is 10.0. The number of carboxylic acids is 4. The Balaban J connectivity index is -0.000000197. The zero-order valence-electron chi connectivity index (χ0n) is 63.9. The molecule has 1 saturated heterocycles. The van der Waals surface area contributed by atoms with E-state index in [1.54, 1.807) is 32.6 Å². The molecule has 5 heterocycles. The first-order valence-electron chi connectivity index (χ1n) is 34.2. The number of nitrogens with two attached hydrogens (primary N) is 2. The first kappa shape index (κ1) is 123. The van der Waals surface area contributed by atoms with Crippen molar-refractivity contribution in [3.8, 4) is 0 Å². The topological polar surface area (TPSA) is 668 Å². The van der Waals surface area contributed by atoms with Crippen molar-refractivity contribution in [2.75, 3.05) is 78.5 Å². The average molecular weight is 1800 g/mol. The Kier molecular flexibility index (Phi) is 89.9. The van der Waals surface area contributed by atoms with Gasteiger partial charge >= 0.3 is 76.1 Å². The third-order valence-electron chi connectivity index (χ3n) is 13.1. The molecule has 1 aliphatic rings. The van der Waals surface area contributed by atoms with Gasteiger partial charge in [-0.05, 0) is 64.5 Å². The van der Waals surface area contributed by atoms with E-state index in [-0.39, 0.29) is 188 Å². The SMILES string of the molecule is Br.C.C.CC(=O)O.CCCN(CCC)C(=O)CCCC(=O)O.CCCNCCC.Cc1nnc(CC(CC(=O)NCCN(CCNC(=O)CC(Cc2nnc(C)o2)c2nnc(C)o2)C(=O)CCCC(=O)O)c2nnc(C)o2)o1.Cl.NCCN(CCN)C(=O)CCCC(=O)O.O=C1CCCC(=O)O1.O=S=O.O=S=O.O=S=O.O=S=O. The summed E-state index contributed by atoms with van der Waals surface area (Å²) in [6, 6.07) is 0. The molecule has 0 aliphatic carbocycles. The second kappa shape index (κ2) is 83.3. The van der Waals surface area contributed by atoms with Gasteiger partial charge in [-0.3, -0.25) is 52.7 Å². The fourth-order valence-electron chi connectivity index (χ4n) is 8.63. The van der Waals surface area contributed by atoms with Crippen molar-refractivity contribution < 1.29 is 129 Å². The van der Waals surface area contributed by atoms with Crippen molar-refractivity contribution in [2.24, 2.45) is 11.5 Å². The van der Waals surface area contributed by atoms with Crippen LogP contribution in [-0.4, -0.2) is 253 Å². The van der Waals surface area contributed by atoms with Gasteiger partial charge in [0, 0.05) is 177 Å². The molecular formula is C64H114BrClN16O28S4. The average Bonchev–Trinajstić information content (AvgIpc) is 1.71. The second-order valence-electron chi connectivity index (χ2n) is 22.4. The zero-order chi connectivity index (χ0) is 84.6. The number of esters is 2. The van der Waals surface area contributed by atoms with Gasteiger partial charge in [-0.25, -0.2) is 0 Å². The van der Waals surface area contributed by atoms with Crippen LogP contribution in [0.25, 0.3) is 0 Å². The summed E-state index contributed by atoms with van der Waals surface area (Å²) in [4.78, 5) is 128. The number of nitrogens with zero attached hydrogens (tertiary/aromatic N) is 11.